The first-order valence-corrected chi connectivity index (χ1v) is 8.38. The predicted molar refractivity (Wildman–Crippen MR) is 88.9 cm³/mol. The third-order valence-corrected chi connectivity index (χ3v) is 4.55. The van der Waals surface area contributed by atoms with Crippen molar-refractivity contribution in [3.05, 3.63) is 42.0 Å². The number of hydrogen-bond acceptors (Lipinski definition) is 3. The van der Waals surface area contributed by atoms with Crippen LogP contribution >= 0.6 is 0 Å². The van der Waals surface area contributed by atoms with Crippen LogP contribution in [0.2, 0.25) is 0 Å². The van der Waals surface area contributed by atoms with E-state index >= 15 is 0 Å². The van der Waals surface area contributed by atoms with Gasteiger partial charge in [0.25, 0.3) is 5.91 Å². The maximum atomic E-state index is 12.9. The SMILES string of the molecule is O=C(c1cc2ccccc2cc1OC[C@@H]1CO1)N1CCCCC1. The van der Waals surface area contributed by atoms with E-state index < -0.39 is 0 Å². The highest BCUT2D eigenvalue weighted by Crippen LogP contribution is 2.29. The molecule has 2 saturated heterocycles. The normalized spacial score (nSPS) is 20.5. The molecule has 0 saturated carbocycles. The molecule has 0 radical (unpaired) electrons. The third-order valence-electron chi connectivity index (χ3n) is 4.55. The van der Waals surface area contributed by atoms with Gasteiger partial charge in [-0.3, -0.25) is 4.79 Å². The second-order valence-corrected chi connectivity index (χ2v) is 6.31. The molecule has 4 nitrogen and oxygen atoms in total. The molecule has 2 heterocycles. The molecule has 2 aromatic carbocycles. The lowest BCUT2D eigenvalue weighted by Crippen LogP contribution is -2.35. The Bertz CT molecular complexity index is 718. The molecule has 2 aliphatic rings. The minimum atomic E-state index is 0.0853. The number of benzene rings is 2. The summed E-state index contributed by atoms with van der Waals surface area (Å²) < 4.78 is 11.1. The predicted octanol–water partition coefficient (Wildman–Crippen LogP) is 3.24. The molecule has 2 aromatic rings. The third kappa shape index (κ3) is 3.17. The number of epoxide rings is 1. The van der Waals surface area contributed by atoms with Crippen LogP contribution in [0, 0.1) is 0 Å². The highest BCUT2D eigenvalue weighted by molar-refractivity contribution is 6.01. The smallest absolute Gasteiger partial charge is 0.257 e. The summed E-state index contributed by atoms with van der Waals surface area (Å²) in [6.45, 7) is 2.95. The summed E-state index contributed by atoms with van der Waals surface area (Å²) >= 11 is 0. The molecule has 0 unspecified atom stereocenters. The molecule has 4 rings (SSSR count). The number of hydrogen-bond donors (Lipinski definition) is 0. The number of rotatable bonds is 4. The fourth-order valence-electron chi connectivity index (χ4n) is 3.12. The molecule has 1 atom stereocenters. The Morgan fingerprint density at radius 3 is 2.52 bits per heavy atom. The van der Waals surface area contributed by atoms with E-state index in [4.69, 9.17) is 9.47 Å². The lowest BCUT2D eigenvalue weighted by Gasteiger charge is -2.27. The second-order valence-electron chi connectivity index (χ2n) is 6.31. The van der Waals surface area contributed by atoms with Crippen molar-refractivity contribution >= 4 is 16.7 Å². The average molecular weight is 311 g/mol. The van der Waals surface area contributed by atoms with E-state index in [1.54, 1.807) is 0 Å². The summed E-state index contributed by atoms with van der Waals surface area (Å²) in [5, 5.41) is 2.16. The molecule has 4 heteroatoms. The zero-order chi connectivity index (χ0) is 15.6. The van der Waals surface area contributed by atoms with Gasteiger partial charge in [0, 0.05) is 13.1 Å². The summed E-state index contributed by atoms with van der Waals surface area (Å²) in [6, 6.07) is 12.0. The van der Waals surface area contributed by atoms with E-state index in [-0.39, 0.29) is 12.0 Å². The van der Waals surface area contributed by atoms with Crippen LogP contribution in [-0.4, -0.2) is 43.2 Å². The number of amides is 1. The minimum Gasteiger partial charge on any atom is -0.490 e. The van der Waals surface area contributed by atoms with Crippen molar-refractivity contribution in [2.45, 2.75) is 25.4 Å². The molecular formula is C19H21NO3. The van der Waals surface area contributed by atoms with Crippen LogP contribution in [-0.2, 0) is 4.74 Å². The van der Waals surface area contributed by atoms with Crippen LogP contribution in [0.4, 0.5) is 0 Å². The molecule has 0 aromatic heterocycles. The molecule has 0 spiro atoms. The monoisotopic (exact) mass is 311 g/mol. The summed E-state index contributed by atoms with van der Waals surface area (Å²) in [6.07, 6.45) is 3.57. The Labute approximate surface area is 136 Å². The fourth-order valence-corrected chi connectivity index (χ4v) is 3.12. The van der Waals surface area contributed by atoms with Crippen molar-refractivity contribution in [1.82, 2.24) is 4.90 Å². The van der Waals surface area contributed by atoms with Gasteiger partial charge in [-0.25, -0.2) is 0 Å². The first-order valence-electron chi connectivity index (χ1n) is 8.38. The zero-order valence-electron chi connectivity index (χ0n) is 13.2. The maximum absolute atomic E-state index is 12.9. The van der Waals surface area contributed by atoms with Crippen LogP contribution in [0.25, 0.3) is 10.8 Å². The standard InChI is InChI=1S/C19H21NO3/c21-19(20-8-4-1-5-9-20)17-10-14-6-2-3-7-15(14)11-18(17)23-13-16-12-22-16/h2-3,6-7,10-11,16H,1,4-5,8-9,12-13H2/t16-/m0/s1. The molecule has 0 N–H and O–H groups in total. The van der Waals surface area contributed by atoms with Crippen molar-refractivity contribution in [2.75, 3.05) is 26.3 Å². The van der Waals surface area contributed by atoms with E-state index in [0.717, 1.165) is 43.3 Å². The molecule has 2 fully saturated rings. The molecule has 0 bridgehead atoms. The van der Waals surface area contributed by atoms with Crippen molar-refractivity contribution < 1.29 is 14.3 Å². The summed E-state index contributed by atoms with van der Waals surface area (Å²) in [5.41, 5.74) is 0.672. The van der Waals surface area contributed by atoms with Gasteiger partial charge in [-0.05, 0) is 42.2 Å². The number of piperidine rings is 1. The van der Waals surface area contributed by atoms with E-state index in [1.807, 2.05) is 41.3 Å². The largest absolute Gasteiger partial charge is 0.490 e. The van der Waals surface area contributed by atoms with Gasteiger partial charge in [0.05, 0.1) is 12.2 Å². The number of fused-ring (bicyclic) bond motifs is 1. The second kappa shape index (κ2) is 6.20. The topological polar surface area (TPSA) is 42.1 Å². The van der Waals surface area contributed by atoms with Gasteiger partial charge in [-0.2, -0.15) is 0 Å². The first kappa shape index (κ1) is 14.5. The van der Waals surface area contributed by atoms with Gasteiger partial charge in [0.15, 0.2) is 0 Å². The molecule has 1 amide bonds. The number of nitrogens with zero attached hydrogens (tertiary/aromatic N) is 1. The van der Waals surface area contributed by atoms with Crippen molar-refractivity contribution in [3.63, 3.8) is 0 Å². The van der Waals surface area contributed by atoms with Gasteiger partial charge in [-0.15, -0.1) is 0 Å². The quantitative estimate of drug-likeness (QED) is 0.814. The van der Waals surface area contributed by atoms with E-state index in [9.17, 15) is 4.79 Å². The number of ether oxygens (including phenoxy) is 2. The van der Waals surface area contributed by atoms with Crippen LogP contribution < -0.4 is 4.74 Å². The highest BCUT2D eigenvalue weighted by atomic mass is 16.6. The lowest BCUT2D eigenvalue weighted by atomic mass is 10.0. The van der Waals surface area contributed by atoms with Crippen LogP contribution in [0.15, 0.2) is 36.4 Å². The van der Waals surface area contributed by atoms with Gasteiger partial charge >= 0.3 is 0 Å². The Hall–Kier alpha value is -2.07. The Kier molecular flexibility index (Phi) is 3.92. The number of carbonyl (C=O) groups excluding carboxylic acids is 1. The average Bonchev–Trinajstić information content (AvgIpc) is 3.43. The first-order chi connectivity index (χ1) is 11.3. The summed E-state index contributed by atoms with van der Waals surface area (Å²) in [7, 11) is 0. The molecule has 23 heavy (non-hydrogen) atoms. The van der Waals surface area contributed by atoms with Crippen LogP contribution in [0.3, 0.4) is 0 Å². The van der Waals surface area contributed by atoms with Crippen LogP contribution in [0.5, 0.6) is 5.75 Å². The molecule has 0 aliphatic carbocycles. The van der Waals surface area contributed by atoms with Gasteiger partial charge in [-0.1, -0.05) is 24.3 Å². The van der Waals surface area contributed by atoms with E-state index in [0.29, 0.717) is 17.9 Å². The van der Waals surface area contributed by atoms with E-state index in [1.165, 1.54) is 6.42 Å². The summed E-state index contributed by atoms with van der Waals surface area (Å²) in [5.74, 6) is 0.761. The fraction of sp³-hybridized carbons (Fsp3) is 0.421. The minimum absolute atomic E-state index is 0.0853. The van der Waals surface area contributed by atoms with Crippen LogP contribution in [0.1, 0.15) is 29.6 Å². The Morgan fingerprint density at radius 1 is 1.13 bits per heavy atom. The van der Waals surface area contributed by atoms with E-state index in [2.05, 4.69) is 0 Å². The van der Waals surface area contributed by atoms with Crippen molar-refractivity contribution in [1.29, 1.82) is 0 Å². The van der Waals surface area contributed by atoms with Gasteiger partial charge in [0.2, 0.25) is 0 Å². The number of likely N-dealkylation sites (tertiary alicyclic amines) is 1. The molecule has 2 aliphatic heterocycles. The van der Waals surface area contributed by atoms with Crippen molar-refractivity contribution in [3.8, 4) is 5.75 Å². The lowest BCUT2D eigenvalue weighted by molar-refractivity contribution is 0.0719. The van der Waals surface area contributed by atoms with Crippen molar-refractivity contribution in [2.24, 2.45) is 0 Å². The number of carbonyl (C=O) groups is 1. The Balaban J connectivity index is 1.68. The maximum Gasteiger partial charge on any atom is 0.257 e. The Morgan fingerprint density at radius 2 is 1.83 bits per heavy atom. The van der Waals surface area contributed by atoms with Gasteiger partial charge in [0.1, 0.15) is 18.5 Å². The summed E-state index contributed by atoms with van der Waals surface area (Å²) in [4.78, 5) is 14.9. The highest BCUT2D eigenvalue weighted by Gasteiger charge is 2.26. The molecule has 120 valence electrons. The molecular weight excluding hydrogens is 290 g/mol. The zero-order valence-corrected chi connectivity index (χ0v) is 13.2. The van der Waals surface area contributed by atoms with Gasteiger partial charge < -0.3 is 14.4 Å².